The Morgan fingerprint density at radius 1 is 1.39 bits per heavy atom. The summed E-state index contributed by atoms with van der Waals surface area (Å²) in [5.41, 5.74) is 0. The zero-order chi connectivity index (χ0) is 13.0. The summed E-state index contributed by atoms with van der Waals surface area (Å²) >= 11 is 1.61. The third kappa shape index (κ3) is 4.32. The third-order valence-corrected chi connectivity index (χ3v) is 4.03. The van der Waals surface area contributed by atoms with Gasteiger partial charge in [0.25, 0.3) is 0 Å². The summed E-state index contributed by atoms with van der Waals surface area (Å²) in [6.07, 6.45) is 6.04. The van der Waals surface area contributed by atoms with Crippen molar-refractivity contribution in [1.82, 2.24) is 14.7 Å². The molecule has 0 spiro atoms. The van der Waals surface area contributed by atoms with E-state index < -0.39 is 0 Å². The standard InChI is InChI=1S/C14H25N3S/c1-4-7-15-12(8-10(2)3)9-13-16-14(17-18-13)11-5-6-11/h10-12,15H,4-9H2,1-3H3. The summed E-state index contributed by atoms with van der Waals surface area (Å²) < 4.78 is 4.49. The molecule has 1 aromatic rings. The van der Waals surface area contributed by atoms with Gasteiger partial charge in [0.15, 0.2) is 0 Å². The molecule has 4 heteroatoms. The molecule has 1 heterocycles. The molecule has 18 heavy (non-hydrogen) atoms. The van der Waals surface area contributed by atoms with Crippen LogP contribution < -0.4 is 5.32 Å². The van der Waals surface area contributed by atoms with E-state index in [4.69, 9.17) is 4.98 Å². The van der Waals surface area contributed by atoms with Crippen molar-refractivity contribution in [2.75, 3.05) is 6.54 Å². The summed E-state index contributed by atoms with van der Waals surface area (Å²) in [5.74, 6) is 2.52. The highest BCUT2D eigenvalue weighted by atomic mass is 32.1. The molecule has 1 aliphatic carbocycles. The lowest BCUT2D eigenvalue weighted by Gasteiger charge is -2.19. The number of hydrogen-bond donors (Lipinski definition) is 1. The SMILES string of the molecule is CCCNC(Cc1nc(C2CC2)ns1)CC(C)C. The normalized spacial score (nSPS) is 17.3. The first-order valence-corrected chi connectivity index (χ1v) is 8.02. The Morgan fingerprint density at radius 3 is 2.78 bits per heavy atom. The fourth-order valence-electron chi connectivity index (χ4n) is 2.23. The Hall–Kier alpha value is -0.480. The summed E-state index contributed by atoms with van der Waals surface area (Å²) in [4.78, 5) is 4.69. The van der Waals surface area contributed by atoms with Crippen LogP contribution in [0.4, 0.5) is 0 Å². The molecule has 0 aromatic carbocycles. The number of nitrogens with zero attached hydrogens (tertiary/aromatic N) is 2. The highest BCUT2D eigenvalue weighted by Crippen LogP contribution is 2.38. The van der Waals surface area contributed by atoms with E-state index in [1.54, 1.807) is 11.5 Å². The highest BCUT2D eigenvalue weighted by molar-refractivity contribution is 7.05. The van der Waals surface area contributed by atoms with E-state index in [9.17, 15) is 0 Å². The number of hydrogen-bond acceptors (Lipinski definition) is 4. The average molecular weight is 267 g/mol. The van der Waals surface area contributed by atoms with Gasteiger partial charge in [0, 0.05) is 18.4 Å². The molecular formula is C14H25N3S. The van der Waals surface area contributed by atoms with Crippen molar-refractivity contribution >= 4 is 11.5 Å². The van der Waals surface area contributed by atoms with Gasteiger partial charge in [-0.2, -0.15) is 4.37 Å². The average Bonchev–Trinajstić information content (AvgIpc) is 3.07. The van der Waals surface area contributed by atoms with E-state index in [2.05, 4.69) is 30.5 Å². The Balaban J connectivity index is 1.88. The molecule has 1 unspecified atom stereocenters. The van der Waals surface area contributed by atoms with Gasteiger partial charge in [-0.3, -0.25) is 0 Å². The molecule has 1 aromatic heterocycles. The Morgan fingerprint density at radius 2 is 2.17 bits per heavy atom. The smallest absolute Gasteiger partial charge is 0.145 e. The lowest BCUT2D eigenvalue weighted by molar-refractivity contribution is 0.415. The lowest BCUT2D eigenvalue weighted by atomic mass is 10.0. The quantitative estimate of drug-likeness (QED) is 0.784. The van der Waals surface area contributed by atoms with Crippen molar-refractivity contribution in [3.63, 3.8) is 0 Å². The van der Waals surface area contributed by atoms with Crippen molar-refractivity contribution in [2.24, 2.45) is 5.92 Å². The summed E-state index contributed by atoms with van der Waals surface area (Å²) in [7, 11) is 0. The van der Waals surface area contributed by atoms with Gasteiger partial charge in [-0.05, 0) is 49.7 Å². The summed E-state index contributed by atoms with van der Waals surface area (Å²) in [5, 5.41) is 4.86. The molecule has 1 aliphatic rings. The second-order valence-corrected chi connectivity index (χ2v) is 6.64. The maximum atomic E-state index is 4.69. The summed E-state index contributed by atoms with van der Waals surface area (Å²) in [6, 6.07) is 0.560. The monoisotopic (exact) mass is 267 g/mol. The van der Waals surface area contributed by atoms with Gasteiger partial charge in [0.05, 0.1) is 0 Å². The molecule has 0 saturated heterocycles. The molecule has 1 fully saturated rings. The number of aromatic nitrogens is 2. The first-order chi connectivity index (χ1) is 8.69. The lowest BCUT2D eigenvalue weighted by Crippen LogP contribution is -2.33. The minimum atomic E-state index is 0.560. The van der Waals surface area contributed by atoms with Crippen LogP contribution >= 0.6 is 11.5 Å². The van der Waals surface area contributed by atoms with E-state index >= 15 is 0 Å². The van der Waals surface area contributed by atoms with Crippen molar-refractivity contribution in [3.05, 3.63) is 10.8 Å². The minimum Gasteiger partial charge on any atom is -0.314 e. The first kappa shape index (κ1) is 13.9. The van der Waals surface area contributed by atoms with E-state index in [1.807, 2.05) is 0 Å². The van der Waals surface area contributed by atoms with Crippen LogP contribution in [0.2, 0.25) is 0 Å². The van der Waals surface area contributed by atoms with Crippen LogP contribution in [0.3, 0.4) is 0 Å². The predicted molar refractivity (Wildman–Crippen MR) is 77.1 cm³/mol. The zero-order valence-corrected chi connectivity index (χ0v) is 12.6. The zero-order valence-electron chi connectivity index (χ0n) is 11.8. The van der Waals surface area contributed by atoms with Gasteiger partial charge in [0.2, 0.25) is 0 Å². The molecule has 102 valence electrons. The maximum Gasteiger partial charge on any atom is 0.145 e. The van der Waals surface area contributed by atoms with E-state index in [0.717, 1.165) is 24.7 Å². The van der Waals surface area contributed by atoms with Gasteiger partial charge in [0.1, 0.15) is 10.8 Å². The fraction of sp³-hybridized carbons (Fsp3) is 0.857. The third-order valence-electron chi connectivity index (χ3n) is 3.29. The second kappa shape index (κ2) is 6.62. The van der Waals surface area contributed by atoms with Gasteiger partial charge < -0.3 is 5.32 Å². The van der Waals surface area contributed by atoms with Crippen LogP contribution in [-0.4, -0.2) is 21.9 Å². The topological polar surface area (TPSA) is 37.8 Å². The molecule has 1 saturated carbocycles. The van der Waals surface area contributed by atoms with E-state index in [-0.39, 0.29) is 0 Å². The molecule has 0 bridgehead atoms. The van der Waals surface area contributed by atoms with Crippen molar-refractivity contribution in [2.45, 2.75) is 64.8 Å². The van der Waals surface area contributed by atoms with Crippen LogP contribution in [0.25, 0.3) is 0 Å². The first-order valence-electron chi connectivity index (χ1n) is 7.25. The van der Waals surface area contributed by atoms with Crippen LogP contribution in [-0.2, 0) is 6.42 Å². The number of nitrogens with one attached hydrogen (secondary N) is 1. The van der Waals surface area contributed by atoms with Crippen LogP contribution in [0.15, 0.2) is 0 Å². The van der Waals surface area contributed by atoms with Crippen LogP contribution in [0.1, 0.15) is 63.2 Å². The Labute approximate surface area is 115 Å². The van der Waals surface area contributed by atoms with Gasteiger partial charge >= 0.3 is 0 Å². The van der Waals surface area contributed by atoms with E-state index in [0.29, 0.717) is 12.0 Å². The van der Waals surface area contributed by atoms with E-state index in [1.165, 1.54) is 30.7 Å². The molecule has 0 radical (unpaired) electrons. The Kier molecular flexibility index (Phi) is 5.13. The molecule has 1 N–H and O–H groups in total. The molecule has 0 amide bonds. The predicted octanol–water partition coefficient (Wildman–Crippen LogP) is 3.37. The Bertz CT molecular complexity index is 358. The van der Waals surface area contributed by atoms with Crippen molar-refractivity contribution in [3.8, 4) is 0 Å². The largest absolute Gasteiger partial charge is 0.314 e. The van der Waals surface area contributed by atoms with Crippen molar-refractivity contribution < 1.29 is 0 Å². The molecule has 0 aliphatic heterocycles. The molecule has 1 atom stereocenters. The highest BCUT2D eigenvalue weighted by Gasteiger charge is 2.28. The molecule has 3 nitrogen and oxygen atoms in total. The fourth-order valence-corrected chi connectivity index (χ4v) is 3.02. The van der Waals surface area contributed by atoms with Crippen LogP contribution in [0, 0.1) is 5.92 Å². The van der Waals surface area contributed by atoms with Gasteiger partial charge in [-0.1, -0.05) is 20.8 Å². The summed E-state index contributed by atoms with van der Waals surface area (Å²) in [6.45, 7) is 7.90. The van der Waals surface area contributed by atoms with Crippen molar-refractivity contribution in [1.29, 1.82) is 0 Å². The molecular weight excluding hydrogens is 242 g/mol. The number of rotatable bonds is 8. The van der Waals surface area contributed by atoms with Crippen LogP contribution in [0.5, 0.6) is 0 Å². The van der Waals surface area contributed by atoms with Gasteiger partial charge in [-0.15, -0.1) is 0 Å². The maximum absolute atomic E-state index is 4.69. The molecule has 2 rings (SSSR count). The second-order valence-electron chi connectivity index (χ2n) is 5.81. The minimum absolute atomic E-state index is 0.560. The van der Waals surface area contributed by atoms with Gasteiger partial charge in [-0.25, -0.2) is 4.98 Å².